The van der Waals surface area contributed by atoms with Crippen molar-refractivity contribution in [2.75, 3.05) is 51.3 Å². The van der Waals surface area contributed by atoms with E-state index in [9.17, 15) is 22.8 Å². The molecule has 3 amide bonds. The number of sulfonamides is 1. The lowest BCUT2D eigenvalue weighted by atomic mass is 10.2. The third kappa shape index (κ3) is 7.19. The molecule has 14 heteroatoms. The number of rotatable bonds is 9. The van der Waals surface area contributed by atoms with E-state index in [1.54, 1.807) is 13.0 Å². The summed E-state index contributed by atoms with van der Waals surface area (Å²) < 4.78 is 40.9. The fourth-order valence-electron chi connectivity index (χ4n) is 4.35. The van der Waals surface area contributed by atoms with Crippen molar-refractivity contribution in [3.05, 3.63) is 52.8 Å². The predicted molar refractivity (Wildman–Crippen MR) is 154 cm³/mol. The van der Waals surface area contributed by atoms with E-state index in [-0.39, 0.29) is 49.2 Å². The van der Waals surface area contributed by atoms with Gasteiger partial charge in [0.2, 0.25) is 15.9 Å². The molecule has 2 heterocycles. The lowest BCUT2D eigenvalue weighted by molar-refractivity contribution is -0.114. The molecule has 3 aromatic rings. The second-order valence-electron chi connectivity index (χ2n) is 9.13. The van der Waals surface area contributed by atoms with Crippen LogP contribution in [-0.2, 0) is 30.8 Å². The first-order valence-corrected chi connectivity index (χ1v) is 15.5. The number of ether oxygens (including phenoxy) is 2. The molecule has 1 aliphatic rings. The smallest absolute Gasteiger partial charge is 0.409 e. The SMILES string of the molecule is CCOCCn1c(=NC(=O)c2ccc(S(=O)(=O)N3CCN(C(=O)OCC)CC3)cc2)sc2cc(NC(C)=O)ccc21. The van der Waals surface area contributed by atoms with Gasteiger partial charge in [0, 0.05) is 57.5 Å². The molecule has 1 aliphatic heterocycles. The Hall–Kier alpha value is -3.59. The molecule has 220 valence electrons. The van der Waals surface area contributed by atoms with Gasteiger partial charge in [-0.05, 0) is 56.3 Å². The summed E-state index contributed by atoms with van der Waals surface area (Å²) in [5.74, 6) is -0.703. The number of anilines is 1. The van der Waals surface area contributed by atoms with Crippen molar-refractivity contribution in [3.8, 4) is 0 Å². The number of hydrogen-bond acceptors (Lipinski definition) is 8. The fourth-order valence-corrected chi connectivity index (χ4v) is 6.87. The van der Waals surface area contributed by atoms with Crippen LogP contribution in [0, 0.1) is 0 Å². The highest BCUT2D eigenvalue weighted by molar-refractivity contribution is 7.89. The van der Waals surface area contributed by atoms with Crippen LogP contribution in [0.3, 0.4) is 0 Å². The van der Waals surface area contributed by atoms with Gasteiger partial charge in [-0.3, -0.25) is 9.59 Å². The lowest BCUT2D eigenvalue weighted by Gasteiger charge is -2.33. The Kier molecular flexibility index (Phi) is 9.91. The van der Waals surface area contributed by atoms with E-state index in [2.05, 4.69) is 10.3 Å². The van der Waals surface area contributed by atoms with E-state index in [0.717, 1.165) is 10.2 Å². The molecule has 0 bridgehead atoms. The molecule has 0 spiro atoms. The van der Waals surface area contributed by atoms with Crippen LogP contribution < -0.4 is 10.1 Å². The highest BCUT2D eigenvalue weighted by atomic mass is 32.2. The van der Waals surface area contributed by atoms with Crippen LogP contribution in [0.1, 0.15) is 31.1 Å². The Balaban J connectivity index is 1.55. The van der Waals surface area contributed by atoms with Crippen LogP contribution in [0.25, 0.3) is 10.2 Å². The van der Waals surface area contributed by atoms with Crippen molar-refractivity contribution < 1.29 is 32.3 Å². The Labute approximate surface area is 242 Å². The Morgan fingerprint density at radius 3 is 2.34 bits per heavy atom. The zero-order valence-electron chi connectivity index (χ0n) is 23.2. The lowest BCUT2D eigenvalue weighted by Crippen LogP contribution is -2.50. The first kappa shape index (κ1) is 30.4. The average Bonchev–Trinajstić information content (AvgIpc) is 3.29. The first-order chi connectivity index (χ1) is 19.6. The zero-order valence-corrected chi connectivity index (χ0v) is 24.8. The number of amides is 3. The molecule has 2 aromatic carbocycles. The standard InChI is InChI=1S/C27H33N5O7S2/c1-4-38-17-16-32-23-11-8-21(28-19(3)33)18-24(23)40-26(32)29-25(34)20-6-9-22(10-7-20)41(36,37)31-14-12-30(13-15-31)27(35)39-5-2/h6-11,18H,4-5,12-17H2,1-3H3,(H,28,33). The number of hydrogen-bond donors (Lipinski definition) is 1. The number of benzene rings is 2. The molecule has 0 aliphatic carbocycles. The van der Waals surface area contributed by atoms with Crippen LogP contribution in [0.5, 0.6) is 0 Å². The second-order valence-corrected chi connectivity index (χ2v) is 12.1. The Morgan fingerprint density at radius 1 is 1.00 bits per heavy atom. The van der Waals surface area contributed by atoms with Crippen LogP contribution in [0.4, 0.5) is 10.5 Å². The van der Waals surface area contributed by atoms with Gasteiger partial charge in [-0.15, -0.1) is 0 Å². The zero-order chi connectivity index (χ0) is 29.6. The van der Waals surface area contributed by atoms with Crippen LogP contribution >= 0.6 is 11.3 Å². The average molecular weight is 604 g/mol. The van der Waals surface area contributed by atoms with Crippen LogP contribution in [-0.4, -0.2) is 86.1 Å². The number of nitrogens with zero attached hydrogens (tertiary/aromatic N) is 4. The fraction of sp³-hybridized carbons (Fsp3) is 0.407. The van der Waals surface area contributed by atoms with E-state index in [1.165, 1.54) is 51.7 Å². The molecule has 41 heavy (non-hydrogen) atoms. The van der Waals surface area contributed by atoms with Crippen LogP contribution in [0.15, 0.2) is 52.4 Å². The third-order valence-corrected chi connectivity index (χ3v) is 9.32. The van der Waals surface area contributed by atoms with Gasteiger partial charge in [-0.2, -0.15) is 9.30 Å². The molecular formula is C27H33N5O7S2. The van der Waals surface area contributed by atoms with Gasteiger partial charge in [0.1, 0.15) is 0 Å². The normalized spacial score (nSPS) is 14.8. The highest BCUT2D eigenvalue weighted by Gasteiger charge is 2.30. The van der Waals surface area contributed by atoms with Crippen LogP contribution in [0.2, 0.25) is 0 Å². The van der Waals surface area contributed by atoms with Crippen molar-refractivity contribution >= 4 is 55.2 Å². The van der Waals surface area contributed by atoms with E-state index in [0.29, 0.717) is 30.2 Å². The minimum atomic E-state index is -3.81. The maximum Gasteiger partial charge on any atom is 0.409 e. The number of nitrogens with one attached hydrogen (secondary N) is 1. The number of carbonyl (C=O) groups is 3. The largest absolute Gasteiger partial charge is 0.450 e. The van der Waals surface area contributed by atoms with Crippen molar-refractivity contribution in [2.24, 2.45) is 4.99 Å². The summed E-state index contributed by atoms with van der Waals surface area (Å²) in [6.07, 6.45) is -0.456. The maximum atomic E-state index is 13.2. The molecule has 1 saturated heterocycles. The van der Waals surface area contributed by atoms with Crippen molar-refractivity contribution in [1.29, 1.82) is 0 Å². The van der Waals surface area contributed by atoms with E-state index >= 15 is 0 Å². The number of piperazine rings is 1. The second kappa shape index (κ2) is 13.4. The minimum Gasteiger partial charge on any atom is -0.450 e. The maximum absolute atomic E-state index is 13.2. The molecule has 12 nitrogen and oxygen atoms in total. The minimum absolute atomic E-state index is 0.0535. The Bertz CT molecular complexity index is 1590. The van der Waals surface area contributed by atoms with Gasteiger partial charge in [0.15, 0.2) is 4.80 Å². The van der Waals surface area contributed by atoms with E-state index in [4.69, 9.17) is 9.47 Å². The summed E-state index contributed by atoms with van der Waals surface area (Å²) in [6, 6.07) is 11.1. The van der Waals surface area contributed by atoms with Gasteiger partial charge < -0.3 is 24.3 Å². The molecule has 1 aromatic heterocycles. The third-order valence-electron chi connectivity index (χ3n) is 6.37. The summed E-state index contributed by atoms with van der Waals surface area (Å²) in [5, 5.41) is 2.76. The predicted octanol–water partition coefficient (Wildman–Crippen LogP) is 2.90. The quantitative estimate of drug-likeness (QED) is 0.371. The molecule has 0 atom stereocenters. The van der Waals surface area contributed by atoms with Gasteiger partial charge in [-0.25, -0.2) is 13.2 Å². The highest BCUT2D eigenvalue weighted by Crippen LogP contribution is 2.23. The molecule has 0 radical (unpaired) electrons. The van der Waals surface area contributed by atoms with Gasteiger partial charge >= 0.3 is 6.09 Å². The first-order valence-electron chi connectivity index (χ1n) is 13.2. The molecule has 4 rings (SSSR count). The van der Waals surface area contributed by atoms with Gasteiger partial charge in [-0.1, -0.05) is 11.3 Å². The molecule has 0 saturated carbocycles. The summed E-state index contributed by atoms with van der Waals surface area (Å²) in [5.41, 5.74) is 1.73. The van der Waals surface area contributed by atoms with Crippen molar-refractivity contribution in [1.82, 2.24) is 13.8 Å². The number of fused-ring (bicyclic) bond motifs is 1. The number of aromatic nitrogens is 1. The number of thiazole rings is 1. The summed E-state index contributed by atoms with van der Waals surface area (Å²) in [6.45, 7) is 7.52. The monoisotopic (exact) mass is 603 g/mol. The Morgan fingerprint density at radius 2 is 1.71 bits per heavy atom. The van der Waals surface area contributed by atoms with E-state index < -0.39 is 22.0 Å². The van der Waals surface area contributed by atoms with E-state index in [1.807, 2.05) is 23.6 Å². The molecule has 1 N–H and O–H groups in total. The van der Waals surface area contributed by atoms with Gasteiger partial charge in [0.05, 0.1) is 28.3 Å². The van der Waals surface area contributed by atoms with Gasteiger partial charge in [0.25, 0.3) is 5.91 Å². The molecule has 1 fully saturated rings. The molecule has 0 unspecified atom stereocenters. The van der Waals surface area contributed by atoms with Crippen molar-refractivity contribution in [2.45, 2.75) is 32.2 Å². The van der Waals surface area contributed by atoms with Crippen molar-refractivity contribution in [3.63, 3.8) is 0 Å². The number of carbonyl (C=O) groups excluding carboxylic acids is 3. The molecular weight excluding hydrogens is 570 g/mol. The summed E-state index contributed by atoms with van der Waals surface area (Å²) >= 11 is 1.31. The summed E-state index contributed by atoms with van der Waals surface area (Å²) in [7, 11) is -3.81. The topological polar surface area (TPSA) is 140 Å². The summed E-state index contributed by atoms with van der Waals surface area (Å²) in [4.78, 5) is 42.9.